The van der Waals surface area contributed by atoms with Crippen LogP contribution in [0.5, 0.6) is 5.75 Å². The average Bonchev–Trinajstić information content (AvgIpc) is 2.34. The van der Waals surface area contributed by atoms with Crippen LogP contribution >= 0.6 is 0 Å². The molecule has 1 aromatic rings. The molecule has 2 amide bonds. The van der Waals surface area contributed by atoms with Crippen molar-refractivity contribution in [3.05, 3.63) is 29.8 Å². The summed E-state index contributed by atoms with van der Waals surface area (Å²) in [4.78, 5) is 24.1. The van der Waals surface area contributed by atoms with Crippen molar-refractivity contribution < 1.29 is 14.3 Å². The molecule has 0 aliphatic rings. The Labute approximate surface area is 107 Å². The van der Waals surface area contributed by atoms with E-state index in [9.17, 15) is 9.59 Å². The van der Waals surface area contributed by atoms with Crippen LogP contribution in [0.1, 0.15) is 5.56 Å². The smallest absolute Gasteiger partial charge is 0.258 e. The number of para-hydroxylation sites is 1. The summed E-state index contributed by atoms with van der Waals surface area (Å²) in [6, 6.07) is 7.45. The number of carbonyl (C=O) groups excluding carboxylic acids is 2. The lowest BCUT2D eigenvalue weighted by atomic mass is 10.2. The molecule has 0 bridgehead atoms. The summed E-state index contributed by atoms with van der Waals surface area (Å²) in [6.45, 7) is 1.80. The van der Waals surface area contributed by atoms with Gasteiger partial charge in [-0.05, 0) is 18.6 Å². The van der Waals surface area contributed by atoms with E-state index in [4.69, 9.17) is 4.74 Å². The van der Waals surface area contributed by atoms with Gasteiger partial charge in [0.15, 0.2) is 6.61 Å². The fourth-order valence-corrected chi connectivity index (χ4v) is 1.25. The third-order valence-corrected chi connectivity index (χ3v) is 2.39. The highest BCUT2D eigenvalue weighted by Gasteiger charge is 2.08. The maximum Gasteiger partial charge on any atom is 0.258 e. The minimum absolute atomic E-state index is 0.0109. The number of ether oxygens (including phenoxy) is 1. The lowest BCUT2D eigenvalue weighted by Crippen LogP contribution is -2.38. The van der Waals surface area contributed by atoms with Crippen molar-refractivity contribution in [1.29, 1.82) is 0 Å². The second kappa shape index (κ2) is 6.64. The van der Waals surface area contributed by atoms with Gasteiger partial charge in [0.1, 0.15) is 5.75 Å². The lowest BCUT2D eigenvalue weighted by molar-refractivity contribution is -0.131. The van der Waals surface area contributed by atoms with E-state index in [1.165, 1.54) is 4.90 Å². The van der Waals surface area contributed by atoms with Gasteiger partial charge < -0.3 is 15.0 Å². The Hall–Kier alpha value is -2.04. The van der Waals surface area contributed by atoms with Gasteiger partial charge in [0.25, 0.3) is 5.91 Å². The fourth-order valence-electron chi connectivity index (χ4n) is 1.25. The predicted molar refractivity (Wildman–Crippen MR) is 68.4 cm³/mol. The van der Waals surface area contributed by atoms with Crippen molar-refractivity contribution in [2.75, 3.05) is 27.2 Å². The van der Waals surface area contributed by atoms with Crippen LogP contribution < -0.4 is 10.1 Å². The van der Waals surface area contributed by atoms with Gasteiger partial charge in [-0.25, -0.2) is 0 Å². The number of carbonyl (C=O) groups is 2. The van der Waals surface area contributed by atoms with Gasteiger partial charge in [-0.15, -0.1) is 0 Å². The van der Waals surface area contributed by atoms with Crippen LogP contribution in [0.3, 0.4) is 0 Å². The largest absolute Gasteiger partial charge is 0.484 e. The van der Waals surface area contributed by atoms with Crippen molar-refractivity contribution in [1.82, 2.24) is 10.2 Å². The number of nitrogens with one attached hydrogen (secondary N) is 1. The van der Waals surface area contributed by atoms with Gasteiger partial charge >= 0.3 is 0 Å². The first kappa shape index (κ1) is 14.0. The van der Waals surface area contributed by atoms with E-state index >= 15 is 0 Å². The number of likely N-dealkylation sites (N-methyl/N-ethyl adjacent to an activating group) is 1. The lowest BCUT2D eigenvalue weighted by Gasteiger charge is -2.12. The molecular weight excluding hydrogens is 232 g/mol. The Bertz CT molecular complexity index is 430. The SMILES string of the molecule is Cc1ccccc1OCC(=O)NCC(=O)N(C)C. The Balaban J connectivity index is 2.34. The molecule has 0 unspecified atom stereocenters. The highest BCUT2D eigenvalue weighted by molar-refractivity contribution is 5.85. The second-order valence-electron chi connectivity index (χ2n) is 4.12. The fraction of sp³-hybridized carbons (Fsp3) is 0.385. The van der Waals surface area contributed by atoms with E-state index in [1.54, 1.807) is 20.2 Å². The average molecular weight is 250 g/mol. The zero-order chi connectivity index (χ0) is 13.5. The molecule has 0 spiro atoms. The highest BCUT2D eigenvalue weighted by atomic mass is 16.5. The molecule has 0 aliphatic heterocycles. The zero-order valence-electron chi connectivity index (χ0n) is 10.9. The van der Waals surface area contributed by atoms with Crippen molar-refractivity contribution >= 4 is 11.8 Å². The maximum absolute atomic E-state index is 11.4. The van der Waals surface area contributed by atoms with Crippen LogP contribution in [-0.2, 0) is 9.59 Å². The first-order valence-electron chi connectivity index (χ1n) is 5.66. The van der Waals surface area contributed by atoms with E-state index in [0.29, 0.717) is 5.75 Å². The summed E-state index contributed by atoms with van der Waals surface area (Å²) in [5.41, 5.74) is 0.967. The van der Waals surface area contributed by atoms with Crippen molar-refractivity contribution in [3.63, 3.8) is 0 Å². The normalized spacial score (nSPS) is 9.72. The Kier molecular flexibility index (Phi) is 5.17. The van der Waals surface area contributed by atoms with Crippen molar-refractivity contribution in [2.45, 2.75) is 6.92 Å². The van der Waals surface area contributed by atoms with Crippen LogP contribution in [0.25, 0.3) is 0 Å². The molecule has 1 aromatic carbocycles. The molecule has 0 heterocycles. The summed E-state index contributed by atoms with van der Waals surface area (Å²) in [7, 11) is 3.27. The number of benzene rings is 1. The van der Waals surface area contributed by atoms with Gasteiger partial charge in [-0.3, -0.25) is 9.59 Å². The summed E-state index contributed by atoms with van der Waals surface area (Å²) in [5, 5.41) is 2.50. The van der Waals surface area contributed by atoms with Gasteiger partial charge in [0.05, 0.1) is 6.54 Å². The third-order valence-electron chi connectivity index (χ3n) is 2.39. The van der Waals surface area contributed by atoms with Crippen molar-refractivity contribution in [2.24, 2.45) is 0 Å². The molecule has 0 saturated carbocycles. The molecule has 0 saturated heterocycles. The molecule has 98 valence electrons. The second-order valence-corrected chi connectivity index (χ2v) is 4.12. The summed E-state index contributed by atoms with van der Waals surface area (Å²) >= 11 is 0. The van der Waals surface area contributed by atoms with Gasteiger partial charge in [-0.2, -0.15) is 0 Å². The molecular formula is C13H18N2O3. The van der Waals surface area contributed by atoms with Gasteiger partial charge in [0, 0.05) is 14.1 Å². The monoisotopic (exact) mass is 250 g/mol. The van der Waals surface area contributed by atoms with E-state index in [1.807, 2.05) is 25.1 Å². The number of nitrogens with zero attached hydrogens (tertiary/aromatic N) is 1. The third kappa shape index (κ3) is 4.45. The van der Waals surface area contributed by atoms with Gasteiger partial charge in [-0.1, -0.05) is 18.2 Å². The molecule has 1 N–H and O–H groups in total. The minimum Gasteiger partial charge on any atom is -0.484 e. The Morgan fingerprint density at radius 3 is 2.56 bits per heavy atom. The number of amides is 2. The quantitative estimate of drug-likeness (QED) is 0.831. The molecule has 0 aliphatic carbocycles. The number of hydrogen-bond acceptors (Lipinski definition) is 3. The minimum atomic E-state index is -0.312. The summed E-state index contributed by atoms with van der Waals surface area (Å²) in [5.74, 6) is 0.208. The Morgan fingerprint density at radius 1 is 1.28 bits per heavy atom. The number of hydrogen-bond donors (Lipinski definition) is 1. The molecule has 1 rings (SSSR count). The van der Waals surface area contributed by atoms with Crippen LogP contribution in [0.2, 0.25) is 0 Å². The standard InChI is InChI=1S/C13H18N2O3/c1-10-6-4-5-7-11(10)18-9-12(16)14-8-13(17)15(2)3/h4-7H,8-9H2,1-3H3,(H,14,16). The van der Waals surface area contributed by atoms with E-state index in [2.05, 4.69) is 5.32 Å². The number of rotatable bonds is 5. The highest BCUT2D eigenvalue weighted by Crippen LogP contribution is 2.15. The van der Waals surface area contributed by atoms with E-state index < -0.39 is 0 Å². The van der Waals surface area contributed by atoms with Crippen LogP contribution in [0, 0.1) is 6.92 Å². The first-order chi connectivity index (χ1) is 8.50. The van der Waals surface area contributed by atoms with Crippen LogP contribution in [0.4, 0.5) is 0 Å². The molecule has 5 nitrogen and oxygen atoms in total. The predicted octanol–water partition coefficient (Wildman–Crippen LogP) is 0.578. The molecule has 0 atom stereocenters. The molecule has 5 heteroatoms. The first-order valence-corrected chi connectivity index (χ1v) is 5.66. The van der Waals surface area contributed by atoms with Crippen LogP contribution in [0.15, 0.2) is 24.3 Å². The molecule has 18 heavy (non-hydrogen) atoms. The summed E-state index contributed by atoms with van der Waals surface area (Å²) < 4.78 is 5.35. The van der Waals surface area contributed by atoms with Crippen LogP contribution in [-0.4, -0.2) is 44.0 Å². The zero-order valence-corrected chi connectivity index (χ0v) is 10.9. The Morgan fingerprint density at radius 2 is 1.94 bits per heavy atom. The number of aryl methyl sites for hydroxylation is 1. The topological polar surface area (TPSA) is 58.6 Å². The van der Waals surface area contributed by atoms with E-state index in [0.717, 1.165) is 5.56 Å². The summed E-state index contributed by atoms with van der Waals surface area (Å²) in [6.07, 6.45) is 0. The van der Waals surface area contributed by atoms with E-state index in [-0.39, 0.29) is 25.0 Å². The molecule has 0 aromatic heterocycles. The maximum atomic E-state index is 11.4. The molecule has 0 fully saturated rings. The molecule has 0 radical (unpaired) electrons. The van der Waals surface area contributed by atoms with Gasteiger partial charge in [0.2, 0.25) is 5.91 Å². The van der Waals surface area contributed by atoms with Crippen molar-refractivity contribution in [3.8, 4) is 5.75 Å².